The molecule has 0 saturated heterocycles. The fraction of sp³-hybridized carbons (Fsp3) is 0.636. The van der Waals surface area contributed by atoms with E-state index in [1.54, 1.807) is 19.9 Å². The maximum absolute atomic E-state index is 12.8. The average Bonchev–Trinajstić information content (AvgIpc) is 2.64. The van der Waals surface area contributed by atoms with Gasteiger partial charge in [-0.15, -0.1) is 0 Å². The number of rotatable bonds is 6. The lowest BCUT2D eigenvalue weighted by atomic mass is 9.60. The first-order chi connectivity index (χ1) is 13.4. The first kappa shape index (κ1) is 22.8. The molecule has 0 heterocycles. The smallest absolute Gasteiger partial charge is 0.352 e. The van der Waals surface area contributed by atoms with Gasteiger partial charge in [0.05, 0.1) is 11.5 Å². The molecule has 5 atom stereocenters. The lowest BCUT2D eigenvalue weighted by Crippen LogP contribution is -2.49. The van der Waals surface area contributed by atoms with Crippen molar-refractivity contribution in [3.8, 4) is 0 Å². The number of carboxylic acids is 1. The van der Waals surface area contributed by atoms with E-state index >= 15 is 0 Å². The van der Waals surface area contributed by atoms with Gasteiger partial charge in [0.25, 0.3) is 0 Å². The number of allylic oxidation sites excluding steroid dienone is 3. The highest BCUT2D eigenvalue weighted by Crippen LogP contribution is 2.50. The lowest BCUT2D eigenvalue weighted by molar-refractivity contribution is -0.175. The molecule has 2 aliphatic rings. The van der Waals surface area contributed by atoms with E-state index in [1.807, 2.05) is 13.8 Å². The Bertz CT molecular complexity index is 793. The normalized spacial score (nSPS) is 29.5. The maximum atomic E-state index is 12.8. The molecule has 0 spiro atoms. The van der Waals surface area contributed by atoms with Gasteiger partial charge >= 0.3 is 17.9 Å². The zero-order chi connectivity index (χ0) is 22.1. The number of fused-ring (bicyclic) bond motifs is 1. The molecule has 2 rings (SSSR count). The van der Waals surface area contributed by atoms with Crippen LogP contribution in [0.15, 0.2) is 23.3 Å². The van der Waals surface area contributed by atoms with E-state index in [4.69, 9.17) is 9.47 Å². The summed E-state index contributed by atoms with van der Waals surface area (Å²) in [6.07, 6.45) is 4.35. The predicted octanol–water partition coefficient (Wildman–Crippen LogP) is 3.22. The molecule has 1 fully saturated rings. The predicted molar refractivity (Wildman–Crippen MR) is 105 cm³/mol. The molecular weight excluding hydrogens is 376 g/mol. The maximum Gasteiger partial charge on any atom is 0.352 e. The van der Waals surface area contributed by atoms with Gasteiger partial charge < -0.3 is 14.6 Å². The van der Waals surface area contributed by atoms with E-state index in [0.29, 0.717) is 19.3 Å². The third-order valence-electron chi connectivity index (χ3n) is 6.47. The molecule has 0 aromatic carbocycles. The Kier molecular flexibility index (Phi) is 6.40. The van der Waals surface area contributed by atoms with Crippen LogP contribution in [0.3, 0.4) is 0 Å². The molecule has 2 aliphatic carbocycles. The Morgan fingerprint density at radius 3 is 2.52 bits per heavy atom. The van der Waals surface area contributed by atoms with Crippen molar-refractivity contribution in [3.63, 3.8) is 0 Å². The molecule has 0 aromatic rings. The van der Waals surface area contributed by atoms with Crippen molar-refractivity contribution in [2.45, 2.75) is 72.5 Å². The summed E-state index contributed by atoms with van der Waals surface area (Å²) < 4.78 is 10.8. The molecule has 0 amide bonds. The second-order valence-electron chi connectivity index (χ2n) is 8.42. The van der Waals surface area contributed by atoms with Gasteiger partial charge in [-0.2, -0.15) is 0 Å². The molecule has 160 valence electrons. The van der Waals surface area contributed by atoms with Gasteiger partial charge in [0.15, 0.2) is 5.78 Å². The van der Waals surface area contributed by atoms with E-state index in [9.17, 15) is 24.3 Å². The topological polar surface area (TPSA) is 107 Å². The minimum absolute atomic E-state index is 0.0803. The van der Waals surface area contributed by atoms with Crippen LogP contribution in [-0.4, -0.2) is 40.5 Å². The quantitative estimate of drug-likeness (QED) is 0.675. The summed E-state index contributed by atoms with van der Waals surface area (Å²) in [5, 5.41) is 9.86. The zero-order valence-corrected chi connectivity index (χ0v) is 17.9. The standard InChI is InChI=1S/C22H30O7/c1-7-12(2)19(25)29-22(6,20(26)27)16-11-21(5)13(3)18(28-14(4)23)9-8-15(21)10-17(16)24/h10-13,18H,7-9H2,1-6H3,(H,26,27)/t12?,13-,18-,21+,22?/m0/s1. The number of hydrogen-bond donors (Lipinski definition) is 1. The van der Waals surface area contributed by atoms with Crippen LogP contribution in [0.5, 0.6) is 0 Å². The van der Waals surface area contributed by atoms with Crippen molar-refractivity contribution in [2.24, 2.45) is 17.3 Å². The molecule has 0 aromatic heterocycles. The van der Waals surface area contributed by atoms with E-state index in [1.165, 1.54) is 19.9 Å². The molecule has 2 unspecified atom stereocenters. The minimum atomic E-state index is -2.10. The highest BCUT2D eigenvalue weighted by atomic mass is 16.6. The van der Waals surface area contributed by atoms with E-state index in [2.05, 4.69) is 0 Å². The van der Waals surface area contributed by atoms with Crippen molar-refractivity contribution < 1.29 is 33.8 Å². The van der Waals surface area contributed by atoms with Gasteiger partial charge in [-0.3, -0.25) is 14.4 Å². The first-order valence-electron chi connectivity index (χ1n) is 9.99. The van der Waals surface area contributed by atoms with E-state index < -0.39 is 34.7 Å². The Morgan fingerprint density at radius 1 is 1.38 bits per heavy atom. The lowest BCUT2D eigenvalue weighted by Gasteiger charge is -2.46. The summed E-state index contributed by atoms with van der Waals surface area (Å²) in [6.45, 7) is 9.83. The first-order valence-corrected chi connectivity index (χ1v) is 9.99. The van der Waals surface area contributed by atoms with Gasteiger partial charge in [-0.25, -0.2) is 4.79 Å². The van der Waals surface area contributed by atoms with Gasteiger partial charge in [0, 0.05) is 18.3 Å². The molecule has 0 aliphatic heterocycles. The van der Waals surface area contributed by atoms with Gasteiger partial charge in [0.2, 0.25) is 5.60 Å². The number of ether oxygens (including phenoxy) is 2. The van der Waals surface area contributed by atoms with Crippen LogP contribution in [0.1, 0.15) is 60.8 Å². The van der Waals surface area contributed by atoms with Crippen molar-refractivity contribution in [2.75, 3.05) is 0 Å². The number of ketones is 1. The van der Waals surface area contributed by atoms with Crippen LogP contribution in [0, 0.1) is 17.3 Å². The molecule has 7 nitrogen and oxygen atoms in total. The van der Waals surface area contributed by atoms with Gasteiger partial charge in [0.1, 0.15) is 6.10 Å². The van der Waals surface area contributed by atoms with E-state index in [-0.39, 0.29) is 23.6 Å². The van der Waals surface area contributed by atoms with E-state index in [0.717, 1.165) is 5.57 Å². The number of hydrogen-bond acceptors (Lipinski definition) is 6. The number of carbonyl (C=O) groups is 4. The average molecular weight is 406 g/mol. The minimum Gasteiger partial charge on any atom is -0.478 e. The van der Waals surface area contributed by atoms with Crippen molar-refractivity contribution in [1.29, 1.82) is 0 Å². The number of aliphatic carboxylic acids is 1. The monoisotopic (exact) mass is 406 g/mol. The van der Waals surface area contributed by atoms with Gasteiger partial charge in [-0.05, 0) is 32.3 Å². The van der Waals surface area contributed by atoms with Crippen molar-refractivity contribution >= 4 is 23.7 Å². The molecule has 1 saturated carbocycles. The zero-order valence-electron chi connectivity index (χ0n) is 17.9. The third-order valence-corrected chi connectivity index (χ3v) is 6.47. The molecule has 0 bridgehead atoms. The second-order valence-corrected chi connectivity index (χ2v) is 8.42. The van der Waals surface area contributed by atoms with Crippen LogP contribution in [0.4, 0.5) is 0 Å². The number of carbonyl (C=O) groups excluding carboxylic acids is 3. The third kappa shape index (κ3) is 4.14. The fourth-order valence-electron chi connectivity index (χ4n) is 3.98. The molecule has 1 N–H and O–H groups in total. The highest BCUT2D eigenvalue weighted by Gasteiger charge is 2.51. The van der Waals surface area contributed by atoms with Crippen LogP contribution < -0.4 is 0 Å². The summed E-state index contributed by atoms with van der Waals surface area (Å²) in [4.78, 5) is 48.8. The Labute approximate surface area is 171 Å². The Balaban J connectivity index is 2.49. The summed E-state index contributed by atoms with van der Waals surface area (Å²) in [6, 6.07) is 0. The Hall–Kier alpha value is -2.44. The van der Waals surface area contributed by atoms with Gasteiger partial charge in [-0.1, -0.05) is 39.3 Å². The summed E-state index contributed by atoms with van der Waals surface area (Å²) in [5.74, 6) is -3.60. The largest absolute Gasteiger partial charge is 0.478 e. The highest BCUT2D eigenvalue weighted by molar-refractivity contribution is 6.11. The second kappa shape index (κ2) is 8.13. The molecule has 0 radical (unpaired) electrons. The summed E-state index contributed by atoms with van der Waals surface area (Å²) in [7, 11) is 0. The Morgan fingerprint density at radius 2 is 2.00 bits per heavy atom. The fourth-order valence-corrected chi connectivity index (χ4v) is 3.98. The SMILES string of the molecule is CCC(C)C(=O)OC(C)(C(=O)O)C1=C[C@@]2(C)C(=CC1=O)CC[C@H](OC(C)=O)[C@@H]2C. The molecular formula is C22H30O7. The van der Waals surface area contributed by atoms with Crippen LogP contribution in [-0.2, 0) is 28.7 Å². The summed E-state index contributed by atoms with van der Waals surface area (Å²) in [5.41, 5.74) is -2.01. The van der Waals surface area contributed by atoms with Crippen LogP contribution in [0.2, 0.25) is 0 Å². The van der Waals surface area contributed by atoms with Crippen molar-refractivity contribution in [3.05, 3.63) is 23.3 Å². The van der Waals surface area contributed by atoms with Crippen molar-refractivity contribution in [1.82, 2.24) is 0 Å². The van der Waals surface area contributed by atoms with Crippen LogP contribution in [0.25, 0.3) is 0 Å². The molecule has 29 heavy (non-hydrogen) atoms. The summed E-state index contributed by atoms with van der Waals surface area (Å²) >= 11 is 0. The number of carboxylic acid groups (broad SMARTS) is 1. The van der Waals surface area contributed by atoms with Crippen LogP contribution >= 0.6 is 0 Å². The molecule has 7 heteroatoms. The number of esters is 2.